The number of methoxy groups -OCH3 is 1. The van der Waals surface area contributed by atoms with Crippen LogP contribution in [0.2, 0.25) is 18.1 Å². The van der Waals surface area contributed by atoms with Crippen molar-refractivity contribution >= 4 is 20.4 Å². The number of hydrogen-bond acceptors (Lipinski definition) is 5. The van der Waals surface area contributed by atoms with Crippen molar-refractivity contribution in [3.8, 4) is 0 Å². The number of hydrogen-bond donors (Lipinski definition) is 0. The molecule has 134 valence electrons. The molecular weight excluding hydrogens is 314 g/mol. The average Bonchev–Trinajstić information content (AvgIpc) is 3.06. The second-order valence-corrected chi connectivity index (χ2v) is 13.3. The van der Waals surface area contributed by atoms with Gasteiger partial charge in [-0.3, -0.25) is 4.90 Å². The molecule has 1 fully saturated rings. The molecular formula is C16H31NO5Si. The molecule has 1 saturated heterocycles. The van der Waals surface area contributed by atoms with Gasteiger partial charge in [0.1, 0.15) is 5.60 Å². The molecule has 0 aromatic rings. The predicted octanol–water partition coefficient (Wildman–Crippen LogP) is 3.17. The third-order valence-corrected chi connectivity index (χ3v) is 8.90. The highest BCUT2D eigenvalue weighted by Crippen LogP contribution is 2.39. The molecule has 0 radical (unpaired) electrons. The molecule has 0 N–H and O–H groups in total. The second-order valence-electron chi connectivity index (χ2n) is 8.49. The summed E-state index contributed by atoms with van der Waals surface area (Å²) in [7, 11) is -0.625. The van der Waals surface area contributed by atoms with Gasteiger partial charge in [-0.2, -0.15) is 0 Å². The van der Waals surface area contributed by atoms with Crippen LogP contribution < -0.4 is 0 Å². The number of ether oxygens (including phenoxy) is 2. The van der Waals surface area contributed by atoms with E-state index >= 15 is 0 Å². The van der Waals surface area contributed by atoms with Crippen LogP contribution in [0.25, 0.3) is 0 Å². The minimum atomic E-state index is -1.94. The van der Waals surface area contributed by atoms with Gasteiger partial charge in [0.15, 0.2) is 14.4 Å². The van der Waals surface area contributed by atoms with Crippen LogP contribution in [-0.4, -0.2) is 56.7 Å². The molecule has 0 bridgehead atoms. The lowest BCUT2D eigenvalue weighted by Crippen LogP contribution is -2.42. The molecule has 2 atom stereocenters. The van der Waals surface area contributed by atoms with E-state index in [0.29, 0.717) is 6.61 Å². The van der Waals surface area contributed by atoms with E-state index in [1.54, 1.807) is 20.8 Å². The lowest BCUT2D eigenvalue weighted by atomic mass is 10.2. The van der Waals surface area contributed by atoms with Gasteiger partial charge in [0, 0.05) is 0 Å². The lowest BCUT2D eigenvalue weighted by Gasteiger charge is -2.36. The summed E-state index contributed by atoms with van der Waals surface area (Å²) >= 11 is 0. The summed E-state index contributed by atoms with van der Waals surface area (Å²) in [5, 5.41) is 0.0688. The summed E-state index contributed by atoms with van der Waals surface area (Å²) in [5.74, 6) is -0.431. The zero-order chi connectivity index (χ0) is 18.2. The molecule has 0 aromatic carbocycles. The van der Waals surface area contributed by atoms with Gasteiger partial charge in [-0.05, 0) is 38.9 Å². The van der Waals surface area contributed by atoms with Crippen LogP contribution in [0.1, 0.15) is 41.5 Å². The maximum absolute atomic E-state index is 12.2. The van der Waals surface area contributed by atoms with Gasteiger partial charge in [0.05, 0.1) is 19.8 Å². The largest absolute Gasteiger partial charge is 0.467 e. The van der Waals surface area contributed by atoms with Crippen LogP contribution in [0.15, 0.2) is 0 Å². The minimum Gasteiger partial charge on any atom is -0.467 e. The molecule has 23 heavy (non-hydrogen) atoms. The van der Waals surface area contributed by atoms with Crippen molar-refractivity contribution in [2.45, 2.75) is 77.4 Å². The van der Waals surface area contributed by atoms with Gasteiger partial charge in [0.25, 0.3) is 0 Å². The Bertz CT molecular complexity index is 464. The second kappa shape index (κ2) is 6.43. The summed E-state index contributed by atoms with van der Waals surface area (Å²) in [5.41, 5.74) is -0.606. The summed E-state index contributed by atoms with van der Waals surface area (Å²) in [6.07, 6.45) is -0.503. The maximum Gasteiger partial charge on any atom is 0.411 e. The molecule has 1 aliphatic rings. The summed E-state index contributed by atoms with van der Waals surface area (Å²) < 4.78 is 16.3. The van der Waals surface area contributed by atoms with Crippen LogP contribution in [0.5, 0.6) is 0 Å². The fourth-order valence-electron chi connectivity index (χ4n) is 1.92. The molecule has 0 aromatic heterocycles. The number of nitrogens with zero attached hydrogens (tertiary/aromatic N) is 1. The molecule has 0 aliphatic carbocycles. The normalized spacial score (nSPS) is 21.9. The predicted molar refractivity (Wildman–Crippen MR) is 90.8 cm³/mol. The summed E-state index contributed by atoms with van der Waals surface area (Å²) in [6, 6.07) is -0.925. The molecule has 0 saturated carbocycles. The zero-order valence-electron chi connectivity index (χ0n) is 15.9. The first-order valence-corrected chi connectivity index (χ1v) is 10.9. The van der Waals surface area contributed by atoms with Crippen molar-refractivity contribution in [2.75, 3.05) is 13.7 Å². The van der Waals surface area contributed by atoms with Gasteiger partial charge in [-0.15, -0.1) is 0 Å². The van der Waals surface area contributed by atoms with Crippen LogP contribution in [0.3, 0.4) is 0 Å². The van der Waals surface area contributed by atoms with Crippen LogP contribution >= 0.6 is 0 Å². The van der Waals surface area contributed by atoms with E-state index in [2.05, 4.69) is 33.9 Å². The fraction of sp³-hybridized carbons (Fsp3) is 0.875. The Balaban J connectivity index is 2.76. The number of esters is 1. The van der Waals surface area contributed by atoms with E-state index in [1.165, 1.54) is 12.0 Å². The van der Waals surface area contributed by atoms with Crippen molar-refractivity contribution in [1.29, 1.82) is 0 Å². The van der Waals surface area contributed by atoms with E-state index in [9.17, 15) is 9.59 Å². The summed E-state index contributed by atoms with van der Waals surface area (Å²) in [6.45, 7) is 16.4. The van der Waals surface area contributed by atoms with Gasteiger partial charge in [0.2, 0.25) is 0 Å². The number of carbonyl (C=O) groups is 2. The van der Waals surface area contributed by atoms with Gasteiger partial charge in [-0.1, -0.05) is 20.8 Å². The molecule has 1 amide bonds. The molecule has 1 heterocycles. The number of amides is 1. The Labute approximate surface area is 140 Å². The van der Waals surface area contributed by atoms with Crippen LogP contribution in [-0.2, 0) is 18.7 Å². The molecule has 0 spiro atoms. The maximum atomic E-state index is 12.2. The quantitative estimate of drug-likeness (QED) is 0.445. The fourth-order valence-corrected chi connectivity index (χ4v) is 2.94. The third-order valence-electron chi connectivity index (χ3n) is 4.40. The third kappa shape index (κ3) is 4.94. The molecule has 0 unspecified atom stereocenters. The Morgan fingerprint density at radius 2 is 1.61 bits per heavy atom. The van der Waals surface area contributed by atoms with Crippen molar-refractivity contribution in [3.05, 3.63) is 0 Å². The molecule has 6 nitrogen and oxygen atoms in total. The number of carbonyl (C=O) groups excluding carboxylic acids is 2. The topological polar surface area (TPSA) is 64.8 Å². The van der Waals surface area contributed by atoms with E-state index in [-0.39, 0.29) is 11.1 Å². The highest BCUT2D eigenvalue weighted by molar-refractivity contribution is 6.74. The van der Waals surface area contributed by atoms with E-state index < -0.39 is 32.0 Å². The van der Waals surface area contributed by atoms with Crippen LogP contribution in [0, 0.1) is 0 Å². The molecule has 7 heteroatoms. The monoisotopic (exact) mass is 345 g/mol. The molecule has 1 rings (SSSR count). The van der Waals surface area contributed by atoms with Crippen molar-refractivity contribution in [2.24, 2.45) is 0 Å². The highest BCUT2D eigenvalue weighted by atomic mass is 28.4. The standard InChI is InChI=1S/C16H31NO5Si/c1-15(2,3)22-14(19)17-11(12(17)13(18)20-7)10-21-23(8,9)16(4,5)6/h11-12H,10H2,1-9H3/t11-,12-,17?/m0/s1. The Morgan fingerprint density at radius 1 is 1.09 bits per heavy atom. The SMILES string of the molecule is COC(=O)[C@@H]1[C@H](CO[Si](C)(C)C(C)(C)C)N1C(=O)OC(C)(C)C. The Morgan fingerprint density at radius 3 is 2.00 bits per heavy atom. The first kappa shape index (κ1) is 20.0. The first-order valence-electron chi connectivity index (χ1n) is 7.94. The smallest absolute Gasteiger partial charge is 0.411 e. The number of rotatable bonds is 4. The minimum absolute atomic E-state index is 0.0688. The summed E-state index contributed by atoms with van der Waals surface area (Å²) in [4.78, 5) is 25.5. The molecule has 1 aliphatic heterocycles. The van der Waals surface area contributed by atoms with Crippen molar-refractivity contribution < 1.29 is 23.5 Å². The van der Waals surface area contributed by atoms with E-state index in [4.69, 9.17) is 13.9 Å². The first-order chi connectivity index (χ1) is 10.2. The van der Waals surface area contributed by atoms with Crippen LogP contribution in [0.4, 0.5) is 4.79 Å². The van der Waals surface area contributed by atoms with E-state index in [0.717, 1.165) is 0 Å². The van der Waals surface area contributed by atoms with Crippen molar-refractivity contribution in [3.63, 3.8) is 0 Å². The zero-order valence-corrected chi connectivity index (χ0v) is 16.9. The average molecular weight is 346 g/mol. The Hall–Kier alpha value is -1.08. The lowest BCUT2D eigenvalue weighted by molar-refractivity contribution is -0.141. The highest BCUT2D eigenvalue weighted by Gasteiger charge is 2.58. The van der Waals surface area contributed by atoms with E-state index in [1.807, 2.05) is 0 Å². The van der Waals surface area contributed by atoms with Gasteiger partial charge >= 0.3 is 12.1 Å². The van der Waals surface area contributed by atoms with Gasteiger partial charge < -0.3 is 13.9 Å². The Kier molecular flexibility index (Phi) is 5.58. The van der Waals surface area contributed by atoms with Crippen molar-refractivity contribution in [1.82, 2.24) is 4.90 Å². The van der Waals surface area contributed by atoms with Gasteiger partial charge in [-0.25, -0.2) is 9.59 Å².